The summed E-state index contributed by atoms with van der Waals surface area (Å²) in [6.45, 7) is 6.22. The minimum absolute atomic E-state index is 0.199. The lowest BCUT2D eigenvalue weighted by molar-refractivity contribution is 0.242. The molecule has 2 aromatic rings. The first-order chi connectivity index (χ1) is 10.1. The second-order valence-electron chi connectivity index (χ2n) is 5.77. The molecule has 0 aliphatic carbocycles. The van der Waals surface area contributed by atoms with E-state index in [1.54, 1.807) is 0 Å². The lowest BCUT2D eigenvalue weighted by Crippen LogP contribution is -2.19. The van der Waals surface area contributed by atoms with Gasteiger partial charge in [0.05, 0.1) is 6.10 Å². The van der Waals surface area contributed by atoms with Crippen LogP contribution >= 0.6 is 0 Å². The molecule has 0 heterocycles. The van der Waals surface area contributed by atoms with Crippen LogP contribution in [0.5, 0.6) is 5.75 Å². The highest BCUT2D eigenvalue weighted by atomic mass is 16.5. The van der Waals surface area contributed by atoms with Gasteiger partial charge in [-0.2, -0.15) is 0 Å². The Hall–Kier alpha value is -1.80. The number of hydrogen-bond acceptors (Lipinski definition) is 2. The van der Waals surface area contributed by atoms with E-state index in [1.165, 1.54) is 16.7 Å². The minimum atomic E-state index is 0.199. The molecule has 0 saturated carbocycles. The van der Waals surface area contributed by atoms with Gasteiger partial charge in [-0.3, -0.25) is 0 Å². The molecule has 0 aliphatic heterocycles. The Morgan fingerprint density at radius 3 is 2.38 bits per heavy atom. The van der Waals surface area contributed by atoms with Crippen LogP contribution in [0.1, 0.15) is 36.6 Å². The molecule has 0 spiro atoms. The molecule has 2 nitrogen and oxygen atoms in total. The van der Waals surface area contributed by atoms with Crippen LogP contribution in [0.3, 0.4) is 0 Å². The standard InChI is InChI=1S/C19H25NO/c1-14(2)21-18-7-5-6-17(13-18)19(20-4)12-16-10-8-15(3)9-11-16/h5-11,13-14,19-20H,12H2,1-4H3. The highest BCUT2D eigenvalue weighted by Crippen LogP contribution is 2.23. The average molecular weight is 283 g/mol. The molecule has 0 fully saturated rings. The molecule has 112 valence electrons. The number of hydrogen-bond donors (Lipinski definition) is 1. The molecular formula is C19H25NO. The van der Waals surface area contributed by atoms with Crippen LogP contribution in [0.2, 0.25) is 0 Å². The Morgan fingerprint density at radius 2 is 1.76 bits per heavy atom. The van der Waals surface area contributed by atoms with E-state index in [0.29, 0.717) is 6.04 Å². The molecule has 1 atom stereocenters. The van der Waals surface area contributed by atoms with Gasteiger partial charge in [0.25, 0.3) is 0 Å². The molecule has 1 N–H and O–H groups in total. The Labute approximate surface area is 128 Å². The van der Waals surface area contributed by atoms with Crippen molar-refractivity contribution in [3.8, 4) is 5.75 Å². The monoisotopic (exact) mass is 283 g/mol. The van der Waals surface area contributed by atoms with Crippen molar-refractivity contribution in [2.45, 2.75) is 39.3 Å². The third kappa shape index (κ3) is 4.61. The summed E-state index contributed by atoms with van der Waals surface area (Å²) in [4.78, 5) is 0. The summed E-state index contributed by atoms with van der Waals surface area (Å²) in [5, 5.41) is 3.41. The van der Waals surface area contributed by atoms with Crippen LogP contribution in [0.15, 0.2) is 48.5 Å². The van der Waals surface area contributed by atoms with Crippen molar-refractivity contribution in [1.82, 2.24) is 5.32 Å². The van der Waals surface area contributed by atoms with Gasteiger partial charge in [0, 0.05) is 6.04 Å². The van der Waals surface area contributed by atoms with Crippen molar-refractivity contribution in [2.75, 3.05) is 7.05 Å². The normalized spacial score (nSPS) is 12.4. The smallest absolute Gasteiger partial charge is 0.120 e. The molecule has 0 aromatic heterocycles. The van der Waals surface area contributed by atoms with Gasteiger partial charge in [0.2, 0.25) is 0 Å². The maximum absolute atomic E-state index is 5.79. The molecule has 1 unspecified atom stereocenters. The SMILES string of the molecule is CNC(Cc1ccc(C)cc1)c1cccc(OC(C)C)c1. The lowest BCUT2D eigenvalue weighted by atomic mass is 9.98. The van der Waals surface area contributed by atoms with Crippen molar-refractivity contribution in [2.24, 2.45) is 0 Å². The average Bonchev–Trinajstić information content (AvgIpc) is 2.46. The summed E-state index contributed by atoms with van der Waals surface area (Å²) in [6, 6.07) is 17.4. The number of benzene rings is 2. The molecule has 0 saturated heterocycles. The predicted molar refractivity (Wildman–Crippen MR) is 88.9 cm³/mol. The largest absolute Gasteiger partial charge is 0.491 e. The highest BCUT2D eigenvalue weighted by Gasteiger charge is 2.11. The van der Waals surface area contributed by atoms with Gasteiger partial charge in [0.1, 0.15) is 5.75 Å². The third-order valence-corrected chi connectivity index (χ3v) is 3.54. The van der Waals surface area contributed by atoms with Crippen LogP contribution < -0.4 is 10.1 Å². The van der Waals surface area contributed by atoms with Crippen LogP contribution in [0.25, 0.3) is 0 Å². The maximum atomic E-state index is 5.79. The van der Waals surface area contributed by atoms with E-state index in [0.717, 1.165) is 12.2 Å². The van der Waals surface area contributed by atoms with Crippen molar-refractivity contribution in [3.63, 3.8) is 0 Å². The third-order valence-electron chi connectivity index (χ3n) is 3.54. The summed E-state index contributed by atoms with van der Waals surface area (Å²) >= 11 is 0. The first-order valence-corrected chi connectivity index (χ1v) is 7.58. The second kappa shape index (κ2) is 7.28. The molecule has 2 rings (SSSR count). The Bertz CT molecular complexity index is 560. The molecule has 21 heavy (non-hydrogen) atoms. The van der Waals surface area contributed by atoms with Crippen molar-refractivity contribution in [3.05, 3.63) is 65.2 Å². The van der Waals surface area contributed by atoms with Crippen molar-refractivity contribution < 1.29 is 4.74 Å². The van der Waals surface area contributed by atoms with Crippen molar-refractivity contribution >= 4 is 0 Å². The number of likely N-dealkylation sites (N-methyl/N-ethyl adjacent to an activating group) is 1. The van der Waals surface area contributed by atoms with Gasteiger partial charge < -0.3 is 10.1 Å². The summed E-state index contributed by atoms with van der Waals surface area (Å²) < 4.78 is 5.79. The second-order valence-corrected chi connectivity index (χ2v) is 5.77. The first-order valence-electron chi connectivity index (χ1n) is 7.58. The fraction of sp³-hybridized carbons (Fsp3) is 0.368. The number of aryl methyl sites for hydroxylation is 1. The van der Waals surface area contributed by atoms with E-state index in [-0.39, 0.29) is 6.10 Å². The zero-order chi connectivity index (χ0) is 15.2. The molecule has 0 radical (unpaired) electrons. The van der Waals surface area contributed by atoms with Crippen LogP contribution in [-0.4, -0.2) is 13.2 Å². The van der Waals surface area contributed by atoms with Gasteiger partial charge in [-0.15, -0.1) is 0 Å². The fourth-order valence-electron chi connectivity index (χ4n) is 2.42. The zero-order valence-electron chi connectivity index (χ0n) is 13.4. The Balaban J connectivity index is 2.15. The van der Waals surface area contributed by atoms with Crippen LogP contribution in [-0.2, 0) is 6.42 Å². The Morgan fingerprint density at radius 1 is 1.05 bits per heavy atom. The molecular weight excluding hydrogens is 258 g/mol. The summed E-state index contributed by atoms with van der Waals surface area (Å²) in [7, 11) is 2.01. The predicted octanol–water partition coefficient (Wildman–Crippen LogP) is 4.29. The molecule has 0 aliphatic rings. The zero-order valence-corrected chi connectivity index (χ0v) is 13.4. The number of ether oxygens (including phenoxy) is 1. The van der Waals surface area contributed by atoms with Crippen molar-refractivity contribution in [1.29, 1.82) is 0 Å². The quantitative estimate of drug-likeness (QED) is 0.854. The van der Waals surface area contributed by atoms with Gasteiger partial charge in [-0.1, -0.05) is 42.0 Å². The van der Waals surface area contributed by atoms with Gasteiger partial charge in [-0.05, 0) is 57.5 Å². The van der Waals surface area contributed by atoms with E-state index in [9.17, 15) is 0 Å². The summed E-state index contributed by atoms with van der Waals surface area (Å²) in [6.07, 6.45) is 1.17. The van der Waals surface area contributed by atoms with E-state index >= 15 is 0 Å². The molecule has 2 heteroatoms. The van der Waals surface area contributed by atoms with E-state index in [2.05, 4.69) is 68.6 Å². The van der Waals surface area contributed by atoms with E-state index < -0.39 is 0 Å². The van der Waals surface area contributed by atoms with Crippen LogP contribution in [0.4, 0.5) is 0 Å². The molecule has 0 bridgehead atoms. The molecule has 0 amide bonds. The lowest BCUT2D eigenvalue weighted by Gasteiger charge is -2.18. The topological polar surface area (TPSA) is 21.3 Å². The first kappa shape index (κ1) is 15.6. The number of rotatable bonds is 6. The van der Waals surface area contributed by atoms with Gasteiger partial charge >= 0.3 is 0 Å². The maximum Gasteiger partial charge on any atom is 0.120 e. The summed E-state index contributed by atoms with van der Waals surface area (Å²) in [5.41, 5.74) is 3.90. The molecule has 2 aromatic carbocycles. The van der Waals surface area contributed by atoms with E-state index in [1.807, 2.05) is 13.1 Å². The fourth-order valence-corrected chi connectivity index (χ4v) is 2.42. The van der Waals surface area contributed by atoms with Gasteiger partial charge in [0.15, 0.2) is 0 Å². The van der Waals surface area contributed by atoms with Crippen LogP contribution in [0, 0.1) is 6.92 Å². The highest BCUT2D eigenvalue weighted by molar-refractivity contribution is 5.32. The number of nitrogens with one attached hydrogen (secondary N) is 1. The summed E-state index contributed by atoms with van der Waals surface area (Å²) in [5.74, 6) is 0.937. The van der Waals surface area contributed by atoms with E-state index in [4.69, 9.17) is 4.74 Å². The minimum Gasteiger partial charge on any atom is -0.491 e. The van der Waals surface area contributed by atoms with Gasteiger partial charge in [-0.25, -0.2) is 0 Å². The Kier molecular flexibility index (Phi) is 5.40.